The molecule has 0 radical (unpaired) electrons. The number of thiocarbonyl (C=S) groups is 1. The summed E-state index contributed by atoms with van der Waals surface area (Å²) in [5.74, 6) is 0. The lowest BCUT2D eigenvalue weighted by Crippen LogP contribution is -2.30. The van der Waals surface area contributed by atoms with E-state index in [0.717, 1.165) is 16.6 Å². The lowest BCUT2D eigenvalue weighted by molar-refractivity contribution is 0.749. The molecule has 0 bridgehead atoms. The highest BCUT2D eigenvalue weighted by Crippen LogP contribution is 2.29. The Morgan fingerprint density at radius 1 is 1.14 bits per heavy atom. The van der Waals surface area contributed by atoms with E-state index in [0.29, 0.717) is 37.7 Å². The molecule has 0 spiro atoms. The summed E-state index contributed by atoms with van der Waals surface area (Å²) in [6.07, 6.45) is 1.31. The summed E-state index contributed by atoms with van der Waals surface area (Å²) in [7, 11) is 1.84. The van der Waals surface area contributed by atoms with Crippen LogP contribution in [0.15, 0.2) is 52.2 Å². The van der Waals surface area contributed by atoms with Gasteiger partial charge in [0.15, 0.2) is 0 Å². The fourth-order valence-electron chi connectivity index (χ4n) is 2.50. The number of nitrogens with zero attached hydrogens (tertiary/aromatic N) is 3. The summed E-state index contributed by atoms with van der Waals surface area (Å²) < 4.78 is 1.00. The first-order chi connectivity index (χ1) is 13.3. The third kappa shape index (κ3) is 4.44. The van der Waals surface area contributed by atoms with E-state index in [1.54, 1.807) is 24.3 Å². The molecular weight excluding hydrogens is 443 g/mol. The van der Waals surface area contributed by atoms with Crippen molar-refractivity contribution >= 4 is 57.7 Å². The summed E-state index contributed by atoms with van der Waals surface area (Å²) in [4.78, 5) is 27.6. The average molecular weight is 456 g/mol. The highest BCUT2D eigenvalue weighted by atomic mass is 35.5. The second kappa shape index (κ2) is 8.45. The molecular formula is C18H13Cl3N4O2S. The molecule has 0 saturated carbocycles. The maximum Gasteiger partial charge on any atom is 0.349 e. The van der Waals surface area contributed by atoms with E-state index in [1.165, 1.54) is 0 Å². The molecule has 0 amide bonds. The summed E-state index contributed by atoms with van der Waals surface area (Å²) in [5.41, 5.74) is 0.547. The number of halogens is 3. The van der Waals surface area contributed by atoms with Gasteiger partial charge in [0.25, 0.3) is 5.56 Å². The van der Waals surface area contributed by atoms with Crippen molar-refractivity contribution in [2.75, 3.05) is 11.9 Å². The summed E-state index contributed by atoms with van der Waals surface area (Å²) in [6.45, 7) is 0. The van der Waals surface area contributed by atoms with Gasteiger partial charge in [-0.25, -0.2) is 4.79 Å². The zero-order chi connectivity index (χ0) is 20.4. The molecule has 0 atom stereocenters. The van der Waals surface area contributed by atoms with E-state index in [1.807, 2.05) is 24.1 Å². The molecule has 10 heteroatoms. The van der Waals surface area contributed by atoms with Crippen LogP contribution in [0.4, 0.5) is 5.69 Å². The number of anilines is 1. The van der Waals surface area contributed by atoms with Crippen molar-refractivity contribution in [1.29, 1.82) is 0 Å². The van der Waals surface area contributed by atoms with Crippen molar-refractivity contribution in [3.8, 4) is 5.69 Å². The van der Waals surface area contributed by atoms with Crippen molar-refractivity contribution in [3.05, 3.63) is 84.1 Å². The molecule has 1 heterocycles. The number of hydrogen-bond acceptors (Lipinski definition) is 4. The van der Waals surface area contributed by atoms with Crippen molar-refractivity contribution in [1.82, 2.24) is 14.8 Å². The Hall–Kier alpha value is -2.19. The van der Waals surface area contributed by atoms with Gasteiger partial charge in [-0.2, -0.15) is 9.78 Å². The Morgan fingerprint density at radius 3 is 2.32 bits per heavy atom. The minimum Gasteiger partial charge on any atom is -0.339 e. The van der Waals surface area contributed by atoms with Crippen LogP contribution in [0, 0.1) is 0 Å². The normalized spacial score (nSPS) is 10.7. The molecule has 1 N–H and O–H groups in total. The van der Waals surface area contributed by atoms with Gasteiger partial charge in [0.1, 0.15) is 6.20 Å². The van der Waals surface area contributed by atoms with Gasteiger partial charge in [-0.3, -0.25) is 9.78 Å². The van der Waals surface area contributed by atoms with Crippen LogP contribution in [0.25, 0.3) is 5.69 Å². The minimum atomic E-state index is -0.689. The molecule has 3 aromatic rings. The van der Waals surface area contributed by atoms with Crippen molar-refractivity contribution in [2.24, 2.45) is 0 Å². The number of aromatic amines is 1. The van der Waals surface area contributed by atoms with E-state index in [-0.39, 0.29) is 0 Å². The summed E-state index contributed by atoms with van der Waals surface area (Å²) >= 11 is 24.2. The van der Waals surface area contributed by atoms with Gasteiger partial charge in [0.05, 0.1) is 10.7 Å². The number of nitrogens with one attached hydrogen (secondary N) is 1. The molecule has 144 valence electrons. The van der Waals surface area contributed by atoms with Crippen LogP contribution in [0.5, 0.6) is 0 Å². The van der Waals surface area contributed by atoms with Gasteiger partial charge in [-0.1, -0.05) is 47.0 Å². The maximum absolute atomic E-state index is 11.9. The smallest absolute Gasteiger partial charge is 0.339 e. The summed E-state index contributed by atoms with van der Waals surface area (Å²) in [6, 6.07) is 10.4. The highest BCUT2D eigenvalue weighted by Gasteiger charge is 2.15. The van der Waals surface area contributed by atoms with Crippen LogP contribution >= 0.6 is 47.0 Å². The summed E-state index contributed by atoms with van der Waals surface area (Å²) in [5, 5.41) is 5.09. The van der Waals surface area contributed by atoms with Gasteiger partial charge < -0.3 is 4.90 Å². The quantitative estimate of drug-likeness (QED) is 0.604. The second-order valence-corrected chi connectivity index (χ2v) is 7.57. The van der Waals surface area contributed by atoms with Gasteiger partial charge >= 0.3 is 5.69 Å². The van der Waals surface area contributed by atoms with E-state index in [4.69, 9.17) is 47.0 Å². The predicted molar refractivity (Wildman–Crippen MR) is 117 cm³/mol. The van der Waals surface area contributed by atoms with Gasteiger partial charge in [-0.05, 0) is 42.0 Å². The molecule has 0 aliphatic heterocycles. The second-order valence-electron chi connectivity index (χ2n) is 5.84. The number of likely N-dealkylation sites (N-methyl/N-ethyl adjacent to an activating group) is 1. The van der Waals surface area contributed by atoms with Crippen LogP contribution in [-0.2, 0) is 6.42 Å². The molecule has 1 aromatic heterocycles. The van der Waals surface area contributed by atoms with E-state index >= 15 is 0 Å². The first-order valence-corrected chi connectivity index (χ1v) is 9.49. The lowest BCUT2D eigenvalue weighted by atomic mass is 10.1. The van der Waals surface area contributed by atoms with Crippen LogP contribution in [0.1, 0.15) is 5.56 Å². The van der Waals surface area contributed by atoms with Crippen LogP contribution in [0.3, 0.4) is 0 Å². The first kappa shape index (κ1) is 20.5. The minimum absolute atomic E-state index is 0.320. The van der Waals surface area contributed by atoms with Crippen LogP contribution < -0.4 is 16.1 Å². The van der Waals surface area contributed by atoms with E-state index in [9.17, 15) is 9.59 Å². The van der Waals surface area contributed by atoms with Crippen molar-refractivity contribution in [3.63, 3.8) is 0 Å². The Labute approximate surface area is 180 Å². The fourth-order valence-corrected chi connectivity index (χ4v) is 3.48. The van der Waals surface area contributed by atoms with Crippen LogP contribution in [0.2, 0.25) is 15.1 Å². The topological polar surface area (TPSA) is 71.0 Å². The predicted octanol–water partition coefficient (Wildman–Crippen LogP) is 3.89. The Morgan fingerprint density at radius 2 is 1.75 bits per heavy atom. The highest BCUT2D eigenvalue weighted by molar-refractivity contribution is 7.80. The molecule has 28 heavy (non-hydrogen) atoms. The Balaban J connectivity index is 1.88. The number of hydrogen-bond donors (Lipinski definition) is 1. The Bertz CT molecular complexity index is 1140. The number of benzene rings is 2. The molecule has 2 aromatic carbocycles. The number of H-pyrrole nitrogens is 1. The molecule has 0 fully saturated rings. The van der Waals surface area contributed by atoms with Crippen molar-refractivity contribution < 1.29 is 0 Å². The molecule has 6 nitrogen and oxygen atoms in total. The number of aromatic nitrogens is 3. The van der Waals surface area contributed by atoms with Gasteiger partial charge in [0.2, 0.25) is 0 Å². The standard InChI is InChI=1S/C18H13Cl3N4O2S/c1-24(11-4-2-10(19)3-5-11)17(28)8-13-14(20)6-12(7-15(13)21)25-18(27)23-16(26)9-22-25/h2-7,9H,8H2,1H3,(H,23,26,27). The lowest BCUT2D eigenvalue weighted by Gasteiger charge is -2.21. The SMILES string of the molecule is CN(C(=S)Cc1c(Cl)cc(-n2ncc(=O)[nH]c2=O)cc1Cl)c1ccc(Cl)cc1. The zero-order valence-electron chi connectivity index (χ0n) is 14.4. The maximum atomic E-state index is 11.9. The average Bonchev–Trinajstić information content (AvgIpc) is 2.64. The largest absolute Gasteiger partial charge is 0.349 e. The van der Waals surface area contributed by atoms with E-state index < -0.39 is 11.2 Å². The van der Waals surface area contributed by atoms with Crippen LogP contribution in [-0.4, -0.2) is 26.8 Å². The molecule has 0 saturated heterocycles. The van der Waals surface area contributed by atoms with Gasteiger partial charge in [0, 0.05) is 34.2 Å². The Kier molecular flexibility index (Phi) is 6.20. The van der Waals surface area contributed by atoms with E-state index in [2.05, 4.69) is 10.1 Å². The van der Waals surface area contributed by atoms with Gasteiger partial charge in [-0.15, -0.1) is 0 Å². The third-order valence-corrected chi connectivity index (χ3v) is 5.34. The molecule has 0 unspecified atom stereocenters. The zero-order valence-corrected chi connectivity index (χ0v) is 17.5. The molecule has 0 aliphatic carbocycles. The third-order valence-electron chi connectivity index (χ3n) is 4.00. The fraction of sp³-hybridized carbons (Fsp3) is 0.111. The first-order valence-electron chi connectivity index (χ1n) is 7.95. The molecule has 0 aliphatic rings. The van der Waals surface area contributed by atoms with Crippen molar-refractivity contribution in [2.45, 2.75) is 6.42 Å². The number of rotatable bonds is 4. The monoisotopic (exact) mass is 454 g/mol. The molecule has 3 rings (SSSR count).